The fourth-order valence-corrected chi connectivity index (χ4v) is 35.1. The third-order valence-electron chi connectivity index (χ3n) is 11.0. The molecule has 4 heterocycles. The van der Waals surface area contributed by atoms with E-state index < -0.39 is 12.2 Å². The van der Waals surface area contributed by atoms with Gasteiger partial charge in [0.05, 0.1) is 0 Å². The lowest BCUT2D eigenvalue weighted by atomic mass is 9.71. The highest BCUT2D eigenvalue weighted by Gasteiger charge is 2.58. The molecular weight excluding hydrogens is 607 g/mol. The second-order valence-electron chi connectivity index (χ2n) is 13.7. The third-order valence-corrected chi connectivity index (χ3v) is 29.7. The maximum Gasteiger partial charge on any atom is 0.00477 e. The van der Waals surface area contributed by atoms with Crippen molar-refractivity contribution in [1.82, 2.24) is 0 Å². The number of hydrogen-bond donors (Lipinski definition) is 0. The summed E-state index contributed by atoms with van der Waals surface area (Å²) >= 11 is 0. The fourth-order valence-electron chi connectivity index (χ4n) is 8.62. The van der Waals surface area contributed by atoms with Crippen LogP contribution in [0, 0.1) is 22.7 Å². The van der Waals surface area contributed by atoms with E-state index in [0.717, 1.165) is 0 Å². The van der Waals surface area contributed by atoms with Crippen molar-refractivity contribution in [2.75, 3.05) is 12.3 Å². The van der Waals surface area contributed by atoms with Crippen molar-refractivity contribution in [2.24, 2.45) is 22.7 Å². The van der Waals surface area contributed by atoms with Gasteiger partial charge in [-0.1, -0.05) is 181 Å². The number of hydrogen-bond acceptors (Lipinski definition) is 2. The van der Waals surface area contributed by atoms with Gasteiger partial charge in [-0.25, -0.2) is 0 Å². The van der Waals surface area contributed by atoms with Crippen molar-refractivity contribution in [3.05, 3.63) is 144 Å². The minimum Gasteiger partial charge on any atom is -0.0684 e. The predicted molar refractivity (Wildman–Crippen MR) is 205 cm³/mol. The Kier molecular flexibility index (Phi) is 7.01. The van der Waals surface area contributed by atoms with Gasteiger partial charge in [-0.2, -0.15) is 0 Å². The van der Waals surface area contributed by atoms with Gasteiger partial charge in [-0.05, 0) is 80.4 Å². The van der Waals surface area contributed by atoms with E-state index in [1.807, 2.05) is 0 Å². The Morgan fingerprint density at radius 1 is 0.477 bits per heavy atom. The topological polar surface area (TPSA) is 0 Å². The standard InChI is InChI=1S/C40H40P2S2/c1-29-25-41(27-39(29,3)35(31-17-9-5-10-18-31)37(41)33-21-13-7-14-22-33)43-44-42-26-30(2)40(4,28-42)36(32-19-11-6-12-20-32)38(42)34-23-15-8-16-24-34/h5-26,29-30H,27-28H2,1-4H3. The van der Waals surface area contributed by atoms with Crippen LogP contribution in [-0.2, 0) is 0 Å². The molecule has 4 aromatic carbocycles. The van der Waals surface area contributed by atoms with Crippen molar-refractivity contribution >= 4 is 66.4 Å². The molecule has 0 saturated carbocycles. The van der Waals surface area contributed by atoms with Crippen LogP contribution in [0.1, 0.15) is 49.9 Å². The maximum atomic E-state index is 2.84. The zero-order valence-electron chi connectivity index (χ0n) is 26.0. The molecule has 4 aromatic rings. The fraction of sp³-hybridized carbons (Fsp3) is 0.250. The quantitative estimate of drug-likeness (QED) is 0.145. The van der Waals surface area contributed by atoms with E-state index in [1.54, 1.807) is 21.8 Å². The minimum absolute atomic E-state index is 0.161. The summed E-state index contributed by atoms with van der Waals surface area (Å²) in [4.78, 5) is 0. The Hall–Kier alpha value is -2.34. The molecule has 4 aliphatic heterocycles. The lowest BCUT2D eigenvalue weighted by molar-refractivity contribution is 0.436. The molecule has 222 valence electrons. The summed E-state index contributed by atoms with van der Waals surface area (Å²) in [6, 6.07) is 45.4. The summed E-state index contributed by atoms with van der Waals surface area (Å²) in [7, 11) is 4.64. The van der Waals surface area contributed by atoms with Crippen LogP contribution in [0.3, 0.4) is 0 Å². The zero-order chi connectivity index (χ0) is 30.2. The molecular formula is C40H40P2S2. The smallest absolute Gasteiger partial charge is 0.00477 e. The van der Waals surface area contributed by atoms with Crippen molar-refractivity contribution in [1.29, 1.82) is 0 Å². The second-order valence-corrected chi connectivity index (χ2v) is 26.8. The molecule has 6 unspecified atom stereocenters. The molecule has 0 N–H and O–H groups in total. The Balaban J connectivity index is 1.31. The molecule has 0 saturated heterocycles. The molecule has 0 spiro atoms. The monoisotopic (exact) mass is 646 g/mol. The maximum absolute atomic E-state index is 2.84. The molecule has 44 heavy (non-hydrogen) atoms. The van der Waals surface area contributed by atoms with Gasteiger partial charge in [0.2, 0.25) is 0 Å². The third kappa shape index (κ3) is 4.21. The van der Waals surface area contributed by atoms with E-state index in [9.17, 15) is 0 Å². The molecule has 0 amide bonds. The molecule has 0 nitrogen and oxygen atoms in total. The minimum atomic E-state index is -1.65. The van der Waals surface area contributed by atoms with Crippen LogP contribution in [0.15, 0.2) is 121 Å². The largest absolute Gasteiger partial charge is 0.0684 e. The van der Waals surface area contributed by atoms with E-state index >= 15 is 0 Å². The molecule has 4 heteroatoms. The summed E-state index contributed by atoms with van der Waals surface area (Å²) in [6.45, 7) is 10.1. The van der Waals surface area contributed by atoms with Crippen LogP contribution in [0.5, 0.6) is 0 Å². The molecule has 0 radical (unpaired) electrons. The van der Waals surface area contributed by atoms with Gasteiger partial charge in [-0.15, -0.1) is 0 Å². The van der Waals surface area contributed by atoms with Crippen LogP contribution in [0.25, 0.3) is 21.8 Å². The normalized spacial score (nSPS) is 33.5. The lowest BCUT2D eigenvalue weighted by Crippen LogP contribution is -2.25. The molecule has 4 bridgehead atoms. The molecule has 0 aromatic heterocycles. The van der Waals surface area contributed by atoms with Gasteiger partial charge in [0.25, 0.3) is 0 Å². The molecule has 8 rings (SSSR count). The molecule has 0 aliphatic carbocycles. The number of rotatable bonds is 7. The zero-order valence-corrected chi connectivity index (χ0v) is 29.4. The van der Waals surface area contributed by atoms with Crippen molar-refractivity contribution in [3.8, 4) is 0 Å². The van der Waals surface area contributed by atoms with Crippen LogP contribution in [-0.4, -0.2) is 23.9 Å². The average Bonchev–Trinajstić information content (AvgIpc) is 3.68. The summed E-state index contributed by atoms with van der Waals surface area (Å²) in [5.41, 5.74) is 9.24. The summed E-state index contributed by atoms with van der Waals surface area (Å²) in [5.74, 6) is 6.81. The van der Waals surface area contributed by atoms with E-state index in [2.05, 4.69) is 181 Å². The van der Waals surface area contributed by atoms with Gasteiger partial charge in [-0.3, -0.25) is 0 Å². The Bertz CT molecular complexity index is 1780. The van der Waals surface area contributed by atoms with E-state index in [-0.39, 0.29) is 10.8 Å². The van der Waals surface area contributed by atoms with Gasteiger partial charge in [0.15, 0.2) is 0 Å². The van der Waals surface area contributed by atoms with E-state index in [4.69, 9.17) is 0 Å². The number of fused-ring (bicyclic) bond motifs is 4. The van der Waals surface area contributed by atoms with Crippen molar-refractivity contribution < 1.29 is 0 Å². The molecule has 6 atom stereocenters. The first-order valence-electron chi connectivity index (χ1n) is 15.9. The van der Waals surface area contributed by atoms with Gasteiger partial charge in [0.1, 0.15) is 0 Å². The second kappa shape index (κ2) is 10.6. The first-order valence-corrected chi connectivity index (χ1v) is 23.3. The van der Waals surface area contributed by atoms with E-state index in [0.29, 0.717) is 11.8 Å². The van der Waals surface area contributed by atoms with Crippen LogP contribution in [0.4, 0.5) is 0 Å². The van der Waals surface area contributed by atoms with Crippen LogP contribution < -0.4 is 0 Å². The average molecular weight is 647 g/mol. The van der Waals surface area contributed by atoms with Crippen molar-refractivity contribution in [3.63, 3.8) is 0 Å². The van der Waals surface area contributed by atoms with Crippen LogP contribution >= 0.6 is 33.0 Å². The first kappa shape index (κ1) is 29.1. The van der Waals surface area contributed by atoms with Crippen LogP contribution in [0.2, 0.25) is 0 Å². The predicted octanol–water partition coefficient (Wildman–Crippen LogP) is 12.3. The SMILES string of the molecule is CC1C=P2(SSP34=CC(C)C(C)(C3)C(c3ccccc3)=C4c3ccccc3)CC1(C)C(c1ccccc1)=C2c1ccccc1. The van der Waals surface area contributed by atoms with Crippen molar-refractivity contribution in [2.45, 2.75) is 27.7 Å². The first-order chi connectivity index (χ1) is 21.3. The van der Waals surface area contributed by atoms with Gasteiger partial charge >= 0.3 is 0 Å². The highest BCUT2D eigenvalue weighted by Crippen LogP contribution is 2.93. The highest BCUT2D eigenvalue weighted by molar-refractivity contribution is 9.17. The number of benzene rings is 4. The number of allylic oxidation sites excluding steroid dienone is 2. The summed E-state index contributed by atoms with van der Waals surface area (Å²) < 4.78 is 0. The summed E-state index contributed by atoms with van der Waals surface area (Å²) in [6.07, 6.45) is -0.754. The molecule has 0 fully saturated rings. The van der Waals surface area contributed by atoms with Gasteiger partial charge in [0, 0.05) is 10.8 Å². The summed E-state index contributed by atoms with van der Waals surface area (Å²) in [5, 5.41) is 3.31. The Labute approximate surface area is 271 Å². The Morgan fingerprint density at radius 2 is 0.773 bits per heavy atom. The lowest BCUT2D eigenvalue weighted by Gasteiger charge is -2.33. The molecule has 4 aliphatic rings. The van der Waals surface area contributed by atoms with Gasteiger partial charge < -0.3 is 0 Å². The highest BCUT2D eigenvalue weighted by atomic mass is 33.5. The Morgan fingerprint density at radius 3 is 1.09 bits per heavy atom. The van der Waals surface area contributed by atoms with E-state index in [1.165, 1.54) is 34.6 Å².